The predicted octanol–water partition coefficient (Wildman–Crippen LogP) is 5.82. The molecule has 0 saturated heterocycles. The van der Waals surface area contributed by atoms with Crippen LogP contribution in [0.2, 0.25) is 0 Å². The maximum Gasteiger partial charge on any atom is 0.222 e. The molecule has 0 saturated carbocycles. The summed E-state index contributed by atoms with van der Waals surface area (Å²) in [6.07, 6.45) is 0.398. The summed E-state index contributed by atoms with van der Waals surface area (Å²) in [5.41, 5.74) is 4.13. The van der Waals surface area contributed by atoms with E-state index in [0.29, 0.717) is 38.1 Å². The minimum Gasteiger partial charge on any atom is -0.439 e. The van der Waals surface area contributed by atoms with Crippen LogP contribution in [0.15, 0.2) is 54.6 Å². The molecule has 1 N–H and O–H groups in total. The first-order valence-electron chi connectivity index (χ1n) is 12.6. The molecular formula is C29H41N3O3. The van der Waals surface area contributed by atoms with Crippen molar-refractivity contribution in [1.29, 1.82) is 0 Å². The Kier molecular flexibility index (Phi) is 9.90. The van der Waals surface area contributed by atoms with Crippen molar-refractivity contribution in [2.75, 3.05) is 19.8 Å². The van der Waals surface area contributed by atoms with E-state index in [-0.39, 0.29) is 6.04 Å². The Morgan fingerprint density at radius 2 is 1.69 bits per heavy atom. The van der Waals surface area contributed by atoms with E-state index in [9.17, 15) is 5.11 Å². The molecule has 6 nitrogen and oxygen atoms in total. The van der Waals surface area contributed by atoms with E-state index in [1.54, 1.807) is 0 Å². The molecule has 190 valence electrons. The number of aliphatic hydroxyl groups excluding tert-OH is 1. The molecule has 0 spiro atoms. The molecule has 0 bridgehead atoms. The van der Waals surface area contributed by atoms with Crippen molar-refractivity contribution in [3.63, 3.8) is 0 Å². The number of hydrogen-bond acceptors (Lipinski definition) is 5. The second kappa shape index (κ2) is 12.9. The van der Waals surface area contributed by atoms with Crippen molar-refractivity contribution in [3.8, 4) is 22.9 Å². The van der Waals surface area contributed by atoms with Crippen LogP contribution in [0.5, 0.6) is 11.6 Å². The monoisotopic (exact) mass is 479 g/mol. The lowest BCUT2D eigenvalue weighted by atomic mass is 10.1. The molecule has 0 unspecified atom stereocenters. The van der Waals surface area contributed by atoms with Crippen LogP contribution in [0.3, 0.4) is 0 Å². The number of aryl methyl sites for hydroxylation is 2. The van der Waals surface area contributed by atoms with Crippen LogP contribution in [0.1, 0.15) is 45.2 Å². The Balaban J connectivity index is 1.93. The summed E-state index contributed by atoms with van der Waals surface area (Å²) in [6.45, 7) is 12.8. The Morgan fingerprint density at radius 3 is 2.31 bits per heavy atom. The van der Waals surface area contributed by atoms with Crippen LogP contribution < -0.4 is 4.74 Å². The average molecular weight is 480 g/mol. The zero-order chi connectivity index (χ0) is 25.4. The highest BCUT2D eigenvalue weighted by Crippen LogP contribution is 2.34. The van der Waals surface area contributed by atoms with E-state index in [1.165, 1.54) is 5.56 Å². The van der Waals surface area contributed by atoms with Gasteiger partial charge in [-0.3, -0.25) is 4.90 Å². The molecule has 1 heterocycles. The Hall–Kier alpha value is -2.67. The van der Waals surface area contributed by atoms with E-state index in [2.05, 4.69) is 51.7 Å². The predicted molar refractivity (Wildman–Crippen MR) is 142 cm³/mol. The minimum atomic E-state index is -0.568. The molecule has 0 amide bonds. The second-order valence-corrected chi connectivity index (χ2v) is 9.81. The van der Waals surface area contributed by atoms with Gasteiger partial charge in [0.25, 0.3) is 0 Å². The van der Waals surface area contributed by atoms with Crippen molar-refractivity contribution >= 4 is 0 Å². The average Bonchev–Trinajstić information content (AvgIpc) is 3.14. The summed E-state index contributed by atoms with van der Waals surface area (Å²) >= 11 is 0. The van der Waals surface area contributed by atoms with E-state index in [4.69, 9.17) is 14.6 Å². The standard InChI is InChI=1S/C29H41N3O3/c1-7-23(5)32(17-25(33)20-34-19-21(2)3)18-27-28(24-11-9-8-10-12-24)30-31(6)29(27)35-26-15-13-22(4)14-16-26/h8-16,21,23,25,33H,7,17-20H2,1-6H3/t23-,25+/m1/s1. The van der Waals surface area contributed by atoms with Gasteiger partial charge in [0, 0.05) is 38.3 Å². The van der Waals surface area contributed by atoms with Crippen LogP contribution >= 0.6 is 0 Å². The molecule has 2 aromatic carbocycles. The van der Waals surface area contributed by atoms with E-state index in [0.717, 1.165) is 29.0 Å². The normalized spacial score (nSPS) is 13.4. The molecule has 0 fully saturated rings. The molecule has 0 aliphatic carbocycles. The molecule has 6 heteroatoms. The van der Waals surface area contributed by atoms with Gasteiger partial charge in [-0.05, 0) is 38.3 Å². The molecule has 35 heavy (non-hydrogen) atoms. The Morgan fingerprint density at radius 1 is 1.00 bits per heavy atom. The minimum absolute atomic E-state index is 0.269. The van der Waals surface area contributed by atoms with Gasteiger partial charge in [-0.2, -0.15) is 5.10 Å². The third-order valence-corrected chi connectivity index (χ3v) is 6.15. The van der Waals surface area contributed by atoms with Gasteiger partial charge in [0.2, 0.25) is 5.88 Å². The number of hydrogen-bond donors (Lipinski definition) is 1. The zero-order valence-corrected chi connectivity index (χ0v) is 22.1. The number of benzene rings is 2. The van der Waals surface area contributed by atoms with Gasteiger partial charge in [-0.15, -0.1) is 0 Å². The second-order valence-electron chi connectivity index (χ2n) is 9.81. The highest BCUT2D eigenvalue weighted by molar-refractivity contribution is 5.65. The summed E-state index contributed by atoms with van der Waals surface area (Å²) < 4.78 is 13.9. The quantitative estimate of drug-likeness (QED) is 0.335. The van der Waals surface area contributed by atoms with Crippen molar-refractivity contribution in [2.45, 2.75) is 59.7 Å². The first kappa shape index (κ1) is 26.9. The first-order chi connectivity index (χ1) is 16.8. The van der Waals surface area contributed by atoms with Gasteiger partial charge >= 0.3 is 0 Å². The number of aliphatic hydroxyl groups is 1. The maximum atomic E-state index is 10.8. The van der Waals surface area contributed by atoms with E-state index in [1.807, 2.05) is 54.2 Å². The first-order valence-corrected chi connectivity index (χ1v) is 12.6. The lowest BCUT2D eigenvalue weighted by Crippen LogP contribution is -2.40. The third kappa shape index (κ3) is 7.66. The molecule has 3 aromatic rings. The van der Waals surface area contributed by atoms with Gasteiger partial charge in [0.15, 0.2) is 0 Å². The van der Waals surface area contributed by atoms with Crippen LogP contribution in [-0.4, -0.2) is 51.7 Å². The lowest BCUT2D eigenvalue weighted by Gasteiger charge is -2.30. The van der Waals surface area contributed by atoms with Crippen molar-refractivity contribution in [1.82, 2.24) is 14.7 Å². The van der Waals surface area contributed by atoms with Crippen LogP contribution in [0, 0.1) is 12.8 Å². The lowest BCUT2D eigenvalue weighted by molar-refractivity contribution is 0.0000410. The van der Waals surface area contributed by atoms with Gasteiger partial charge in [-0.1, -0.05) is 68.8 Å². The van der Waals surface area contributed by atoms with Gasteiger partial charge in [0.05, 0.1) is 18.3 Å². The SMILES string of the molecule is CC[C@@H](C)N(Cc1c(-c2ccccc2)nn(C)c1Oc1ccc(C)cc1)C[C@H](O)COCC(C)C. The van der Waals surface area contributed by atoms with Crippen molar-refractivity contribution < 1.29 is 14.6 Å². The Labute approximate surface area is 210 Å². The van der Waals surface area contributed by atoms with Crippen molar-refractivity contribution in [2.24, 2.45) is 13.0 Å². The summed E-state index contributed by atoms with van der Waals surface area (Å²) in [7, 11) is 1.92. The topological polar surface area (TPSA) is 59.8 Å². The van der Waals surface area contributed by atoms with Crippen molar-refractivity contribution in [3.05, 3.63) is 65.7 Å². The third-order valence-electron chi connectivity index (χ3n) is 6.15. The van der Waals surface area contributed by atoms with E-state index < -0.39 is 6.10 Å². The number of ether oxygens (including phenoxy) is 2. The highest BCUT2D eigenvalue weighted by atomic mass is 16.5. The fourth-order valence-electron chi connectivity index (χ4n) is 3.99. The van der Waals surface area contributed by atoms with Gasteiger partial charge < -0.3 is 14.6 Å². The molecule has 0 radical (unpaired) electrons. The zero-order valence-electron chi connectivity index (χ0n) is 22.1. The fourth-order valence-corrected chi connectivity index (χ4v) is 3.99. The summed E-state index contributed by atoms with van der Waals surface area (Å²) in [4.78, 5) is 2.30. The summed E-state index contributed by atoms with van der Waals surface area (Å²) in [6, 6.07) is 18.5. The number of rotatable bonds is 13. The molecule has 0 aliphatic heterocycles. The maximum absolute atomic E-state index is 10.8. The molecular weight excluding hydrogens is 438 g/mol. The highest BCUT2D eigenvalue weighted by Gasteiger charge is 2.25. The smallest absolute Gasteiger partial charge is 0.222 e. The van der Waals surface area contributed by atoms with Crippen LogP contribution in [-0.2, 0) is 18.3 Å². The molecule has 1 aromatic heterocycles. The van der Waals surface area contributed by atoms with Crippen LogP contribution in [0.4, 0.5) is 0 Å². The Bertz CT molecular complexity index is 1030. The van der Waals surface area contributed by atoms with Gasteiger partial charge in [0.1, 0.15) is 11.4 Å². The fraction of sp³-hybridized carbons (Fsp3) is 0.483. The van der Waals surface area contributed by atoms with Gasteiger partial charge in [-0.25, -0.2) is 4.68 Å². The number of aromatic nitrogens is 2. The van der Waals surface area contributed by atoms with E-state index >= 15 is 0 Å². The molecule has 2 atom stereocenters. The molecule has 3 rings (SSSR count). The van der Waals surface area contributed by atoms with Crippen LogP contribution in [0.25, 0.3) is 11.3 Å². The number of nitrogens with zero attached hydrogens (tertiary/aromatic N) is 3. The summed E-state index contributed by atoms with van der Waals surface area (Å²) in [5.74, 6) is 1.93. The molecule has 0 aliphatic rings. The summed E-state index contributed by atoms with van der Waals surface area (Å²) in [5, 5.41) is 15.6. The largest absolute Gasteiger partial charge is 0.439 e.